The molecule has 0 spiro atoms. The summed E-state index contributed by atoms with van der Waals surface area (Å²) in [5, 5.41) is 10.7. The molecule has 0 unspecified atom stereocenters. The monoisotopic (exact) mass is 629 g/mol. The minimum absolute atomic E-state index is 0.0180. The SMILES string of the molecule is CN(c1cccc2cc(-c3ncc(CN4CCC(C(N)=O)CC4)s3)[nH]c12)S(=O)(=O)c1cccs1.O=C(O)C(F)(F)F. The molecule has 1 aromatic carbocycles. The van der Waals surface area contributed by atoms with Crippen molar-refractivity contribution in [3.05, 3.63) is 52.9 Å². The van der Waals surface area contributed by atoms with Crippen molar-refractivity contribution in [1.29, 1.82) is 0 Å². The molecule has 0 aliphatic carbocycles. The molecule has 220 valence electrons. The van der Waals surface area contributed by atoms with Gasteiger partial charge in [-0.05, 0) is 49.5 Å². The number of rotatable bonds is 7. The largest absolute Gasteiger partial charge is 0.490 e. The van der Waals surface area contributed by atoms with E-state index in [1.165, 1.54) is 15.6 Å². The van der Waals surface area contributed by atoms with E-state index in [4.69, 9.17) is 15.6 Å². The van der Waals surface area contributed by atoms with Gasteiger partial charge in [-0.3, -0.25) is 14.0 Å². The van der Waals surface area contributed by atoms with Crippen LogP contribution in [0.1, 0.15) is 17.7 Å². The molecular weight excluding hydrogens is 604 g/mol. The summed E-state index contributed by atoms with van der Waals surface area (Å²) >= 11 is 2.82. The number of piperidine rings is 1. The number of nitrogens with two attached hydrogens (primary N) is 1. The molecular formula is C25H26F3N5O5S3. The molecule has 1 aliphatic heterocycles. The molecule has 0 radical (unpaired) electrons. The number of halogens is 3. The van der Waals surface area contributed by atoms with Gasteiger partial charge in [0.15, 0.2) is 0 Å². The average molecular weight is 630 g/mol. The van der Waals surface area contributed by atoms with Crippen molar-refractivity contribution >= 4 is 61.2 Å². The number of fused-ring (bicyclic) bond motifs is 1. The summed E-state index contributed by atoms with van der Waals surface area (Å²) < 4.78 is 59.5. The van der Waals surface area contributed by atoms with Gasteiger partial charge in [-0.15, -0.1) is 22.7 Å². The molecule has 41 heavy (non-hydrogen) atoms. The second-order valence-electron chi connectivity index (χ2n) is 9.22. The number of likely N-dealkylation sites (tertiary alicyclic amines) is 1. The Labute approximate surface area is 241 Å². The van der Waals surface area contributed by atoms with Crippen LogP contribution in [-0.4, -0.2) is 66.6 Å². The maximum Gasteiger partial charge on any atom is 0.490 e. The lowest BCUT2D eigenvalue weighted by atomic mass is 9.96. The lowest BCUT2D eigenvalue weighted by Crippen LogP contribution is -2.37. The van der Waals surface area contributed by atoms with Crippen molar-refractivity contribution in [1.82, 2.24) is 14.9 Å². The van der Waals surface area contributed by atoms with Crippen molar-refractivity contribution < 1.29 is 36.3 Å². The molecule has 1 fully saturated rings. The zero-order valence-corrected chi connectivity index (χ0v) is 24.0. The molecule has 0 bridgehead atoms. The number of sulfonamides is 1. The number of thiazole rings is 1. The Kier molecular flexibility index (Phi) is 9.06. The van der Waals surface area contributed by atoms with Gasteiger partial charge in [0.2, 0.25) is 5.91 Å². The Morgan fingerprint density at radius 1 is 1.22 bits per heavy atom. The smallest absolute Gasteiger partial charge is 0.475 e. The van der Waals surface area contributed by atoms with Crippen LogP contribution in [0.5, 0.6) is 0 Å². The third-order valence-electron chi connectivity index (χ3n) is 6.48. The summed E-state index contributed by atoms with van der Waals surface area (Å²) in [7, 11) is -2.06. The number of benzene rings is 1. The van der Waals surface area contributed by atoms with Crippen molar-refractivity contribution in [2.75, 3.05) is 24.4 Å². The van der Waals surface area contributed by atoms with Crippen molar-refractivity contribution in [2.45, 2.75) is 29.8 Å². The fourth-order valence-electron chi connectivity index (χ4n) is 4.29. The van der Waals surface area contributed by atoms with Gasteiger partial charge >= 0.3 is 12.1 Å². The molecule has 5 rings (SSSR count). The van der Waals surface area contributed by atoms with Crippen LogP contribution in [0.25, 0.3) is 21.6 Å². The molecule has 1 amide bonds. The molecule has 0 atom stereocenters. The molecule has 0 saturated carbocycles. The standard InChI is InChI=1S/C23H25N5O3S3.C2HF3O2/c1-27(34(30,31)20-6-3-11-32-20)19-5-2-4-16-12-18(26-21(16)19)23-25-13-17(33-23)14-28-9-7-15(8-10-28)22(24)29;3-2(4,5)1(6)7/h2-6,11-13,15,26H,7-10,14H2,1H3,(H2,24,29);(H,6,7). The third kappa shape index (κ3) is 7.06. The van der Waals surface area contributed by atoms with Gasteiger partial charge in [-0.2, -0.15) is 13.2 Å². The molecule has 4 aromatic rings. The number of thiophene rings is 1. The Morgan fingerprint density at radius 2 is 1.90 bits per heavy atom. The number of carboxylic acid groups (broad SMARTS) is 1. The number of carbonyl (C=O) groups excluding carboxylic acids is 1. The van der Waals surface area contributed by atoms with Gasteiger partial charge in [0, 0.05) is 36.0 Å². The summed E-state index contributed by atoms with van der Waals surface area (Å²) in [4.78, 5) is 31.8. The van der Waals surface area contributed by atoms with Gasteiger partial charge in [0.1, 0.15) is 9.22 Å². The number of aromatic nitrogens is 2. The van der Waals surface area contributed by atoms with E-state index in [-0.39, 0.29) is 11.8 Å². The predicted octanol–water partition coefficient (Wildman–Crippen LogP) is 4.51. The Balaban J connectivity index is 0.000000493. The molecule has 4 heterocycles. The van der Waals surface area contributed by atoms with Crippen molar-refractivity contribution in [3.8, 4) is 10.7 Å². The van der Waals surface area contributed by atoms with Gasteiger partial charge in [-0.1, -0.05) is 18.2 Å². The van der Waals surface area contributed by atoms with E-state index >= 15 is 0 Å². The summed E-state index contributed by atoms with van der Waals surface area (Å²) in [6.45, 7) is 2.49. The summed E-state index contributed by atoms with van der Waals surface area (Å²) in [6.07, 6.45) is -1.60. The van der Waals surface area contributed by atoms with Crippen molar-refractivity contribution in [2.24, 2.45) is 11.7 Å². The molecule has 1 aliphatic rings. The third-order valence-corrected chi connectivity index (χ3v) is 10.6. The van der Waals surface area contributed by atoms with Crippen molar-refractivity contribution in [3.63, 3.8) is 0 Å². The number of H-pyrrole nitrogens is 1. The fourth-order valence-corrected chi connectivity index (χ4v) is 7.59. The maximum atomic E-state index is 13.0. The van der Waals surface area contributed by atoms with Gasteiger partial charge in [0.05, 0.1) is 16.9 Å². The fraction of sp³-hybridized carbons (Fsp3) is 0.320. The average Bonchev–Trinajstić information content (AvgIpc) is 3.69. The van der Waals surface area contributed by atoms with E-state index in [0.717, 1.165) is 59.0 Å². The van der Waals surface area contributed by atoms with E-state index in [2.05, 4.69) is 14.9 Å². The highest BCUT2D eigenvalue weighted by Crippen LogP contribution is 2.35. The van der Waals surface area contributed by atoms with Gasteiger partial charge < -0.3 is 15.8 Å². The van der Waals surface area contributed by atoms with E-state index in [1.807, 2.05) is 24.4 Å². The number of anilines is 1. The number of aliphatic carboxylic acids is 1. The number of aromatic amines is 1. The highest BCUT2D eigenvalue weighted by Gasteiger charge is 2.38. The van der Waals surface area contributed by atoms with Crippen LogP contribution < -0.4 is 10.0 Å². The van der Waals surface area contributed by atoms with Crippen LogP contribution in [0.2, 0.25) is 0 Å². The van der Waals surface area contributed by atoms with Crippen LogP contribution in [0.3, 0.4) is 0 Å². The molecule has 16 heteroatoms. The number of primary amides is 1. The Morgan fingerprint density at radius 3 is 2.49 bits per heavy atom. The highest BCUT2D eigenvalue weighted by atomic mass is 32.2. The summed E-state index contributed by atoms with van der Waals surface area (Å²) in [5.74, 6) is -2.98. The molecule has 4 N–H and O–H groups in total. The lowest BCUT2D eigenvalue weighted by molar-refractivity contribution is -0.192. The molecule has 3 aromatic heterocycles. The van der Waals surface area contributed by atoms with Gasteiger partial charge in [-0.25, -0.2) is 18.2 Å². The Hall–Kier alpha value is -3.47. The van der Waals surface area contributed by atoms with Crippen LogP contribution >= 0.6 is 22.7 Å². The maximum absolute atomic E-state index is 13.0. The topological polar surface area (TPSA) is 150 Å². The second-order valence-corrected chi connectivity index (χ2v) is 13.5. The van der Waals surface area contributed by atoms with E-state index in [1.54, 1.807) is 42.0 Å². The highest BCUT2D eigenvalue weighted by molar-refractivity contribution is 7.94. The first-order chi connectivity index (χ1) is 19.3. The minimum atomic E-state index is -5.08. The zero-order valence-electron chi connectivity index (χ0n) is 21.6. The normalized spacial score (nSPS) is 14.9. The number of hydrogen-bond donors (Lipinski definition) is 3. The first kappa shape index (κ1) is 30.5. The number of alkyl halides is 3. The number of para-hydroxylation sites is 1. The van der Waals surface area contributed by atoms with Crippen LogP contribution in [0.15, 0.2) is 52.2 Å². The summed E-state index contributed by atoms with van der Waals surface area (Å²) in [5.41, 5.74) is 7.64. The first-order valence-electron chi connectivity index (χ1n) is 12.2. The lowest BCUT2D eigenvalue weighted by Gasteiger charge is -2.29. The number of amides is 1. The first-order valence-corrected chi connectivity index (χ1v) is 15.3. The zero-order chi connectivity index (χ0) is 29.9. The second kappa shape index (κ2) is 12.2. The summed E-state index contributed by atoms with van der Waals surface area (Å²) in [6, 6.07) is 11.0. The number of carbonyl (C=O) groups is 2. The number of nitrogens with one attached hydrogen (secondary N) is 1. The predicted molar refractivity (Wildman–Crippen MR) is 150 cm³/mol. The minimum Gasteiger partial charge on any atom is -0.475 e. The number of nitrogens with zero attached hydrogens (tertiary/aromatic N) is 3. The Bertz CT molecular complexity index is 1630. The number of carboxylic acids is 1. The van der Waals surface area contributed by atoms with E-state index in [0.29, 0.717) is 9.90 Å². The number of hydrogen-bond acceptors (Lipinski definition) is 8. The van der Waals surface area contributed by atoms with E-state index < -0.39 is 22.2 Å². The molecule has 10 nitrogen and oxygen atoms in total. The van der Waals surface area contributed by atoms with Crippen LogP contribution in [0.4, 0.5) is 18.9 Å². The quantitative estimate of drug-likeness (QED) is 0.272. The van der Waals surface area contributed by atoms with Crippen LogP contribution in [-0.2, 0) is 26.2 Å². The van der Waals surface area contributed by atoms with E-state index in [9.17, 15) is 26.4 Å². The van der Waals surface area contributed by atoms with Gasteiger partial charge in [0.25, 0.3) is 10.0 Å². The van der Waals surface area contributed by atoms with Crippen LogP contribution in [0, 0.1) is 5.92 Å². The molecule has 1 saturated heterocycles.